The fourth-order valence-corrected chi connectivity index (χ4v) is 7.40. The third-order valence-electron chi connectivity index (χ3n) is 9.81. The first kappa shape index (κ1) is 43.2. The number of amides is 1. The van der Waals surface area contributed by atoms with Crippen LogP contribution in [0.3, 0.4) is 0 Å². The van der Waals surface area contributed by atoms with Crippen molar-refractivity contribution in [1.82, 2.24) is 9.80 Å². The molecule has 7 rings (SSSR count). The maximum Gasteiger partial charge on any atom is 0.320 e. The van der Waals surface area contributed by atoms with Crippen molar-refractivity contribution in [3.8, 4) is 5.75 Å². The van der Waals surface area contributed by atoms with E-state index in [-0.39, 0.29) is 36.3 Å². The van der Waals surface area contributed by atoms with Gasteiger partial charge in [-0.3, -0.25) is 19.4 Å². The zero-order chi connectivity index (χ0) is 41.6. The Kier molecular flexibility index (Phi) is 15.8. The van der Waals surface area contributed by atoms with Crippen molar-refractivity contribution in [3.05, 3.63) is 195 Å². The maximum absolute atomic E-state index is 13.1. The molecule has 0 aliphatic carbocycles. The minimum Gasteiger partial charge on any atom is -0.508 e. The van der Waals surface area contributed by atoms with Gasteiger partial charge in [-0.15, -0.1) is 0 Å². The van der Waals surface area contributed by atoms with Crippen LogP contribution in [0.1, 0.15) is 41.3 Å². The van der Waals surface area contributed by atoms with Gasteiger partial charge in [0.15, 0.2) is 0 Å². The zero-order valence-electron chi connectivity index (χ0n) is 32.8. The van der Waals surface area contributed by atoms with Gasteiger partial charge in [0, 0.05) is 52.6 Å². The van der Waals surface area contributed by atoms with E-state index in [9.17, 15) is 14.7 Å². The number of phenolic OH excluding ortho intramolecular Hbond substituents is 1. The largest absolute Gasteiger partial charge is 0.508 e. The summed E-state index contributed by atoms with van der Waals surface area (Å²) in [6.07, 6.45) is 0. The van der Waals surface area contributed by atoms with Crippen molar-refractivity contribution >= 4 is 58.1 Å². The number of esters is 1. The van der Waals surface area contributed by atoms with Crippen molar-refractivity contribution in [1.29, 1.82) is 0 Å². The first-order valence-corrected chi connectivity index (χ1v) is 20.6. The van der Waals surface area contributed by atoms with Crippen molar-refractivity contribution in [2.45, 2.75) is 32.1 Å². The van der Waals surface area contributed by atoms with E-state index in [4.69, 9.17) is 39.5 Å². The van der Waals surface area contributed by atoms with Crippen molar-refractivity contribution in [3.63, 3.8) is 0 Å². The van der Waals surface area contributed by atoms with E-state index in [0.717, 1.165) is 34.6 Å². The Bertz CT molecular complexity index is 2210. The molecule has 11 heteroatoms. The van der Waals surface area contributed by atoms with Crippen LogP contribution in [0, 0.1) is 0 Å². The number of carbonyl (C=O) groups excluding carboxylic acids is 2. The van der Waals surface area contributed by atoms with Gasteiger partial charge < -0.3 is 20.1 Å². The predicted molar refractivity (Wildman–Crippen MR) is 239 cm³/mol. The lowest BCUT2D eigenvalue weighted by atomic mass is 10.0. The number of aromatic hydroxyl groups is 1. The Morgan fingerprint density at radius 2 is 1.32 bits per heavy atom. The Balaban J connectivity index is 0.000000199. The van der Waals surface area contributed by atoms with E-state index in [1.165, 1.54) is 5.56 Å². The molecule has 0 radical (unpaired) electrons. The number of hydrogen-bond donors (Lipinski definition) is 2. The fourth-order valence-electron chi connectivity index (χ4n) is 7.02. The Hall–Kier alpha value is -5.35. The number of ether oxygens (including phenoxy) is 1. The molecule has 0 saturated carbocycles. The Labute approximate surface area is 361 Å². The van der Waals surface area contributed by atoms with Crippen LogP contribution in [0.4, 0.5) is 11.4 Å². The first-order valence-electron chi connectivity index (χ1n) is 19.5. The maximum atomic E-state index is 13.1. The van der Waals surface area contributed by atoms with Crippen LogP contribution in [0.2, 0.25) is 15.1 Å². The molecule has 2 N–H and O–H groups in total. The third-order valence-corrected chi connectivity index (χ3v) is 10.6. The summed E-state index contributed by atoms with van der Waals surface area (Å²) in [5, 5.41) is 15.2. The van der Waals surface area contributed by atoms with Crippen molar-refractivity contribution < 1.29 is 19.4 Å². The zero-order valence-corrected chi connectivity index (χ0v) is 35.0. The van der Waals surface area contributed by atoms with Crippen LogP contribution in [-0.2, 0) is 27.4 Å². The molecule has 1 heterocycles. The summed E-state index contributed by atoms with van der Waals surface area (Å²) in [4.78, 5) is 31.5. The molecule has 304 valence electrons. The van der Waals surface area contributed by atoms with E-state index < -0.39 is 0 Å². The van der Waals surface area contributed by atoms with E-state index >= 15 is 0 Å². The fraction of sp³-hybridized carbons (Fsp3) is 0.208. The normalized spacial score (nSPS) is 14.6. The lowest BCUT2D eigenvalue weighted by molar-refractivity contribution is -0.144. The van der Waals surface area contributed by atoms with Gasteiger partial charge in [-0.1, -0.05) is 120 Å². The van der Waals surface area contributed by atoms with E-state index in [1.54, 1.807) is 24.3 Å². The van der Waals surface area contributed by atoms with Gasteiger partial charge in [-0.25, -0.2) is 0 Å². The minimum absolute atomic E-state index is 0.0350. The molecule has 1 fully saturated rings. The molecule has 0 unspecified atom stereocenters. The number of anilines is 2. The lowest BCUT2D eigenvalue weighted by Gasteiger charge is -2.41. The van der Waals surface area contributed by atoms with Gasteiger partial charge in [0.2, 0.25) is 5.91 Å². The standard InChI is InChI=1S/C25H26Cl2N2O2.C23H21ClN2O2/c1-2-31-25(30)18-29(16-19-6-4-3-5-7-19)17-24(20-8-10-21(26)11-9-20)28-23-14-12-22(27)13-15-23;24-19-8-6-18(7-9-19)22-15-25(14-17-4-2-1-3-5-17)16-23(28)26(22)20-10-12-21(27)13-11-20/h3-15,24,28H,2,16-18H2,1H3;1-13,22,27H,14-16H2/t24-;22-/m00/s1. The highest BCUT2D eigenvalue weighted by Crippen LogP contribution is 2.33. The second-order valence-electron chi connectivity index (χ2n) is 14.2. The van der Waals surface area contributed by atoms with Crippen LogP contribution in [0.5, 0.6) is 5.75 Å². The van der Waals surface area contributed by atoms with E-state index in [0.29, 0.717) is 47.9 Å². The number of phenols is 1. The summed E-state index contributed by atoms with van der Waals surface area (Å²) >= 11 is 18.2. The minimum atomic E-state index is -0.236. The molecule has 8 nitrogen and oxygen atoms in total. The second kappa shape index (κ2) is 21.6. The Morgan fingerprint density at radius 1 is 0.763 bits per heavy atom. The van der Waals surface area contributed by atoms with Crippen molar-refractivity contribution in [2.75, 3.05) is 43.0 Å². The van der Waals surface area contributed by atoms with Crippen LogP contribution in [0.15, 0.2) is 158 Å². The molecule has 1 saturated heterocycles. The molecule has 1 aliphatic heterocycles. The number of hydrogen-bond acceptors (Lipinski definition) is 7. The van der Waals surface area contributed by atoms with E-state index in [1.807, 2.05) is 121 Å². The number of benzene rings is 6. The molecule has 59 heavy (non-hydrogen) atoms. The summed E-state index contributed by atoms with van der Waals surface area (Å²) in [5.74, 6) is -0.0189. The van der Waals surface area contributed by atoms with E-state index in [2.05, 4.69) is 39.4 Å². The van der Waals surface area contributed by atoms with Crippen LogP contribution in [0.25, 0.3) is 0 Å². The molecule has 0 bridgehead atoms. The molecule has 2 atom stereocenters. The number of carbonyl (C=O) groups is 2. The lowest BCUT2D eigenvalue weighted by Crippen LogP contribution is -2.52. The summed E-state index contributed by atoms with van der Waals surface area (Å²) in [7, 11) is 0. The van der Waals surface area contributed by atoms with Crippen LogP contribution in [-0.4, -0.2) is 59.6 Å². The molecular weight excluding hydrogens is 803 g/mol. The number of halogens is 3. The molecule has 1 amide bonds. The van der Waals surface area contributed by atoms with Gasteiger partial charge in [0.05, 0.1) is 31.8 Å². The molecule has 6 aromatic carbocycles. The Morgan fingerprint density at radius 3 is 1.92 bits per heavy atom. The first-order chi connectivity index (χ1) is 28.6. The highest BCUT2D eigenvalue weighted by atomic mass is 35.5. The quantitative estimate of drug-likeness (QED) is 0.106. The monoisotopic (exact) mass is 848 g/mol. The molecule has 0 aromatic heterocycles. The van der Waals surface area contributed by atoms with Crippen molar-refractivity contribution in [2.24, 2.45) is 0 Å². The molecule has 6 aromatic rings. The third kappa shape index (κ3) is 13.1. The molecule has 0 spiro atoms. The van der Waals surface area contributed by atoms with Crippen LogP contribution < -0.4 is 10.2 Å². The van der Waals surface area contributed by atoms with Gasteiger partial charge >= 0.3 is 5.97 Å². The van der Waals surface area contributed by atoms with Gasteiger partial charge in [0.1, 0.15) is 5.75 Å². The number of piperazine rings is 1. The summed E-state index contributed by atoms with van der Waals surface area (Å²) in [6.45, 7) is 5.39. The summed E-state index contributed by atoms with van der Waals surface area (Å²) < 4.78 is 5.21. The highest BCUT2D eigenvalue weighted by Gasteiger charge is 2.34. The smallest absolute Gasteiger partial charge is 0.320 e. The second-order valence-corrected chi connectivity index (χ2v) is 15.5. The average molecular weight is 850 g/mol. The average Bonchev–Trinajstić information content (AvgIpc) is 3.23. The van der Waals surface area contributed by atoms with Gasteiger partial charge in [-0.2, -0.15) is 0 Å². The van der Waals surface area contributed by atoms with Gasteiger partial charge in [0.25, 0.3) is 0 Å². The number of rotatable bonds is 14. The molecular formula is C48H47Cl3N4O4. The van der Waals surface area contributed by atoms with Gasteiger partial charge in [-0.05, 0) is 102 Å². The highest BCUT2D eigenvalue weighted by molar-refractivity contribution is 6.31. The topological polar surface area (TPSA) is 85.4 Å². The SMILES string of the molecule is CCOC(=O)CN(Cc1ccccc1)C[C@H](Nc1ccc(Cl)cc1)c1ccc(Cl)cc1.O=C1CN(Cc2ccccc2)C[C@@H](c2ccc(Cl)cc2)N1c1ccc(O)cc1. The number of nitrogens with one attached hydrogen (secondary N) is 1. The number of nitrogens with zero attached hydrogens (tertiary/aromatic N) is 3. The van der Waals surface area contributed by atoms with Crippen LogP contribution >= 0.6 is 34.8 Å². The summed E-state index contributed by atoms with van der Waals surface area (Å²) in [6, 6.07) is 49.8. The summed E-state index contributed by atoms with van der Waals surface area (Å²) in [5.41, 5.74) is 6.14. The molecule has 1 aliphatic rings. The predicted octanol–water partition coefficient (Wildman–Crippen LogP) is 10.8.